The Bertz CT molecular complexity index is 1400. The number of nitrogens with zero attached hydrogens (tertiary/aromatic N) is 3. The highest BCUT2D eigenvalue weighted by atomic mass is 32.2. The standard InChI is InChI=1S/C26H25N3O3S/c1-19-14-15-23(33(3,31)32)16-24(19)26(30)28(2)17-21-18-29(22-12-8-5-9-13-22)27-25(21)20-10-6-4-7-11-20/h4-16,18H,17H2,1-3H3. The van der Waals surface area contributed by atoms with E-state index in [2.05, 4.69) is 0 Å². The summed E-state index contributed by atoms with van der Waals surface area (Å²) in [5.41, 5.74) is 4.66. The molecule has 168 valence electrons. The Kier molecular flexibility index (Phi) is 6.16. The molecule has 0 N–H and O–H groups in total. The number of hydrogen-bond acceptors (Lipinski definition) is 4. The van der Waals surface area contributed by atoms with Gasteiger partial charge in [-0.25, -0.2) is 13.1 Å². The smallest absolute Gasteiger partial charge is 0.254 e. The summed E-state index contributed by atoms with van der Waals surface area (Å²) in [4.78, 5) is 15.0. The average Bonchev–Trinajstić information content (AvgIpc) is 3.23. The van der Waals surface area contributed by atoms with Gasteiger partial charge >= 0.3 is 0 Å². The second kappa shape index (κ2) is 9.03. The van der Waals surface area contributed by atoms with E-state index in [0.29, 0.717) is 12.1 Å². The average molecular weight is 460 g/mol. The van der Waals surface area contributed by atoms with Gasteiger partial charge in [0.2, 0.25) is 0 Å². The Labute approximate surface area is 194 Å². The predicted octanol–water partition coefficient (Wildman–Crippen LogP) is 4.52. The molecule has 0 spiro atoms. The summed E-state index contributed by atoms with van der Waals surface area (Å²) in [6, 6.07) is 24.3. The van der Waals surface area contributed by atoms with Gasteiger partial charge in [0.15, 0.2) is 9.84 Å². The molecule has 0 aliphatic rings. The van der Waals surface area contributed by atoms with Gasteiger partial charge in [-0.3, -0.25) is 4.79 Å². The molecule has 0 atom stereocenters. The first-order chi connectivity index (χ1) is 15.7. The molecular weight excluding hydrogens is 434 g/mol. The van der Waals surface area contributed by atoms with Crippen molar-refractivity contribution in [2.75, 3.05) is 13.3 Å². The molecule has 0 aliphatic carbocycles. The lowest BCUT2D eigenvalue weighted by Crippen LogP contribution is -2.27. The van der Waals surface area contributed by atoms with E-state index < -0.39 is 9.84 Å². The van der Waals surface area contributed by atoms with Crippen LogP contribution in [0.3, 0.4) is 0 Å². The van der Waals surface area contributed by atoms with E-state index in [1.807, 2.05) is 71.5 Å². The zero-order valence-corrected chi connectivity index (χ0v) is 19.6. The van der Waals surface area contributed by atoms with Gasteiger partial charge in [-0.2, -0.15) is 5.10 Å². The molecule has 3 aromatic carbocycles. The Hall–Kier alpha value is -3.71. The summed E-state index contributed by atoms with van der Waals surface area (Å²) < 4.78 is 25.8. The minimum Gasteiger partial charge on any atom is -0.337 e. The van der Waals surface area contributed by atoms with Gasteiger partial charge in [0.05, 0.1) is 16.3 Å². The molecule has 0 saturated heterocycles. The highest BCUT2D eigenvalue weighted by Gasteiger charge is 2.20. The van der Waals surface area contributed by atoms with E-state index in [-0.39, 0.29) is 10.8 Å². The van der Waals surface area contributed by atoms with E-state index in [9.17, 15) is 13.2 Å². The summed E-state index contributed by atoms with van der Waals surface area (Å²) in [6.45, 7) is 2.12. The zero-order valence-electron chi connectivity index (χ0n) is 18.8. The first kappa shape index (κ1) is 22.5. The van der Waals surface area contributed by atoms with Crippen LogP contribution in [0.1, 0.15) is 21.5 Å². The van der Waals surface area contributed by atoms with Crippen molar-refractivity contribution in [2.24, 2.45) is 0 Å². The Morgan fingerprint density at radius 2 is 1.61 bits per heavy atom. The third-order valence-corrected chi connectivity index (χ3v) is 6.59. The molecule has 4 aromatic rings. The van der Waals surface area contributed by atoms with Crippen molar-refractivity contribution in [1.82, 2.24) is 14.7 Å². The molecule has 0 saturated carbocycles. The maximum absolute atomic E-state index is 13.3. The first-order valence-electron chi connectivity index (χ1n) is 10.5. The Morgan fingerprint density at radius 1 is 0.970 bits per heavy atom. The summed E-state index contributed by atoms with van der Waals surface area (Å²) >= 11 is 0. The van der Waals surface area contributed by atoms with Crippen molar-refractivity contribution < 1.29 is 13.2 Å². The molecule has 1 aromatic heterocycles. The van der Waals surface area contributed by atoms with E-state index >= 15 is 0 Å². The topological polar surface area (TPSA) is 72.3 Å². The van der Waals surface area contributed by atoms with E-state index in [4.69, 9.17) is 5.10 Å². The number of carbonyl (C=O) groups is 1. The first-order valence-corrected chi connectivity index (χ1v) is 12.4. The lowest BCUT2D eigenvalue weighted by atomic mass is 10.1. The normalized spacial score (nSPS) is 11.4. The summed E-state index contributed by atoms with van der Waals surface area (Å²) in [5.74, 6) is -0.246. The van der Waals surface area contributed by atoms with Crippen molar-refractivity contribution in [3.63, 3.8) is 0 Å². The Morgan fingerprint density at radius 3 is 2.24 bits per heavy atom. The van der Waals surface area contributed by atoms with Crippen LogP contribution in [0.25, 0.3) is 16.9 Å². The van der Waals surface area contributed by atoms with Gasteiger partial charge < -0.3 is 4.90 Å². The number of carbonyl (C=O) groups excluding carboxylic acids is 1. The van der Waals surface area contributed by atoms with Crippen LogP contribution in [0.5, 0.6) is 0 Å². The molecule has 1 heterocycles. The van der Waals surface area contributed by atoms with Crippen LogP contribution < -0.4 is 0 Å². The van der Waals surface area contributed by atoms with Crippen LogP contribution in [-0.4, -0.2) is 42.3 Å². The van der Waals surface area contributed by atoms with Crippen molar-refractivity contribution in [3.05, 3.63) is 102 Å². The van der Waals surface area contributed by atoms with Crippen molar-refractivity contribution in [3.8, 4) is 16.9 Å². The van der Waals surface area contributed by atoms with E-state index in [1.165, 1.54) is 12.1 Å². The zero-order chi connectivity index (χ0) is 23.6. The summed E-state index contributed by atoms with van der Waals surface area (Å²) in [6.07, 6.45) is 3.07. The maximum atomic E-state index is 13.3. The third-order valence-electron chi connectivity index (χ3n) is 5.48. The molecule has 6 nitrogen and oxygen atoms in total. The van der Waals surface area contributed by atoms with Gasteiger partial charge in [0.1, 0.15) is 0 Å². The highest BCUT2D eigenvalue weighted by Crippen LogP contribution is 2.26. The minimum atomic E-state index is -3.41. The molecule has 4 rings (SSSR count). The highest BCUT2D eigenvalue weighted by molar-refractivity contribution is 7.90. The van der Waals surface area contributed by atoms with Crippen molar-refractivity contribution >= 4 is 15.7 Å². The number of sulfone groups is 1. The molecular formula is C26H25N3O3S. The molecule has 33 heavy (non-hydrogen) atoms. The van der Waals surface area contributed by atoms with Crippen LogP contribution in [-0.2, 0) is 16.4 Å². The number of para-hydroxylation sites is 1. The van der Waals surface area contributed by atoms with Crippen molar-refractivity contribution in [1.29, 1.82) is 0 Å². The minimum absolute atomic E-state index is 0.131. The molecule has 0 bridgehead atoms. The lowest BCUT2D eigenvalue weighted by Gasteiger charge is -2.19. The van der Waals surface area contributed by atoms with Gasteiger partial charge in [-0.05, 0) is 36.8 Å². The monoisotopic (exact) mass is 459 g/mol. The molecule has 0 unspecified atom stereocenters. The molecule has 0 radical (unpaired) electrons. The molecule has 0 fully saturated rings. The van der Waals surface area contributed by atoms with Crippen LogP contribution in [0.2, 0.25) is 0 Å². The van der Waals surface area contributed by atoms with Gasteiger partial charge in [0, 0.05) is 42.7 Å². The fourth-order valence-corrected chi connectivity index (χ4v) is 4.32. The van der Waals surface area contributed by atoms with Crippen LogP contribution >= 0.6 is 0 Å². The summed E-state index contributed by atoms with van der Waals surface area (Å²) in [5, 5.41) is 4.80. The fraction of sp³-hybridized carbons (Fsp3) is 0.154. The van der Waals surface area contributed by atoms with Crippen LogP contribution in [0, 0.1) is 6.92 Å². The molecule has 1 amide bonds. The number of aromatic nitrogens is 2. The van der Waals surface area contributed by atoms with Gasteiger partial charge in [0.25, 0.3) is 5.91 Å². The Balaban J connectivity index is 1.70. The predicted molar refractivity (Wildman–Crippen MR) is 129 cm³/mol. The van der Waals surface area contributed by atoms with Gasteiger partial charge in [-0.1, -0.05) is 54.6 Å². The number of amides is 1. The molecule has 7 heteroatoms. The second-order valence-electron chi connectivity index (χ2n) is 8.06. The number of aryl methyl sites for hydroxylation is 1. The van der Waals surface area contributed by atoms with Crippen LogP contribution in [0.4, 0.5) is 0 Å². The van der Waals surface area contributed by atoms with Gasteiger partial charge in [-0.15, -0.1) is 0 Å². The third kappa shape index (κ3) is 4.88. The SMILES string of the molecule is Cc1ccc(S(C)(=O)=O)cc1C(=O)N(C)Cc1cn(-c2ccccc2)nc1-c1ccccc1. The van der Waals surface area contributed by atoms with E-state index in [0.717, 1.165) is 34.3 Å². The fourth-order valence-electron chi connectivity index (χ4n) is 3.67. The van der Waals surface area contributed by atoms with Crippen LogP contribution in [0.15, 0.2) is 90.0 Å². The number of rotatable bonds is 6. The quantitative estimate of drug-likeness (QED) is 0.425. The maximum Gasteiger partial charge on any atom is 0.254 e. The molecule has 0 aliphatic heterocycles. The lowest BCUT2D eigenvalue weighted by molar-refractivity contribution is 0.0784. The number of hydrogen-bond donors (Lipinski definition) is 0. The number of benzene rings is 3. The van der Waals surface area contributed by atoms with E-state index in [1.54, 1.807) is 24.9 Å². The largest absolute Gasteiger partial charge is 0.337 e. The summed E-state index contributed by atoms with van der Waals surface area (Å²) in [7, 11) is -1.70. The second-order valence-corrected chi connectivity index (χ2v) is 10.1. The van der Waals surface area contributed by atoms with Crippen molar-refractivity contribution in [2.45, 2.75) is 18.4 Å².